The third-order valence-corrected chi connectivity index (χ3v) is 1.29. The van der Waals surface area contributed by atoms with Gasteiger partial charge in [0.25, 0.3) is 0 Å². The van der Waals surface area contributed by atoms with Crippen molar-refractivity contribution >= 4 is 11.9 Å². The molecule has 0 unspecified atom stereocenters. The van der Waals surface area contributed by atoms with Gasteiger partial charge in [-0.25, -0.2) is 0 Å². The summed E-state index contributed by atoms with van der Waals surface area (Å²) in [5.41, 5.74) is 4.80. The minimum absolute atomic E-state index is 0.0637. The van der Waals surface area contributed by atoms with E-state index in [0.717, 1.165) is 0 Å². The van der Waals surface area contributed by atoms with Gasteiger partial charge in [-0.3, -0.25) is 9.59 Å². The van der Waals surface area contributed by atoms with Gasteiger partial charge in [-0.1, -0.05) is 6.92 Å². The van der Waals surface area contributed by atoms with Gasteiger partial charge >= 0.3 is 5.97 Å². The van der Waals surface area contributed by atoms with Crippen molar-refractivity contribution in [3.8, 4) is 0 Å². The van der Waals surface area contributed by atoms with Crippen molar-refractivity contribution in [1.29, 1.82) is 0 Å². The Morgan fingerprint density at radius 3 is 2.20 bits per heavy atom. The lowest BCUT2D eigenvalue weighted by atomic mass is 10.0. The van der Waals surface area contributed by atoms with Crippen molar-refractivity contribution in [1.82, 2.24) is 0 Å². The normalized spacial score (nSPS) is 12.5. The molecule has 4 nitrogen and oxygen atoms in total. The van der Waals surface area contributed by atoms with Crippen LogP contribution in [0.15, 0.2) is 0 Å². The largest absolute Gasteiger partial charge is 0.481 e. The highest BCUT2D eigenvalue weighted by Gasteiger charge is 2.16. The molecule has 4 heteroatoms. The summed E-state index contributed by atoms with van der Waals surface area (Å²) < 4.78 is 0. The standard InChI is InChI=1S/C6H11NO3/c1-2-4(6(9)10)3-5(7)8/h4H,2-3H2,1H3,(H2,7,8)(H,9,10)/t4-/m1/s1. The van der Waals surface area contributed by atoms with Crippen LogP contribution in [0.25, 0.3) is 0 Å². The zero-order chi connectivity index (χ0) is 8.15. The topological polar surface area (TPSA) is 80.4 Å². The second-order valence-electron chi connectivity index (χ2n) is 2.11. The molecule has 0 aliphatic carbocycles. The number of carboxylic acid groups (broad SMARTS) is 1. The van der Waals surface area contributed by atoms with E-state index in [1.54, 1.807) is 6.92 Å². The third kappa shape index (κ3) is 3.06. The van der Waals surface area contributed by atoms with Crippen molar-refractivity contribution in [3.63, 3.8) is 0 Å². The fourth-order valence-electron chi connectivity index (χ4n) is 0.649. The summed E-state index contributed by atoms with van der Waals surface area (Å²) in [7, 11) is 0. The highest BCUT2D eigenvalue weighted by Crippen LogP contribution is 2.06. The molecule has 1 atom stereocenters. The Hall–Kier alpha value is -1.06. The summed E-state index contributed by atoms with van der Waals surface area (Å²) in [6.07, 6.45) is 0.379. The number of aliphatic carboxylic acids is 1. The summed E-state index contributed by atoms with van der Waals surface area (Å²) in [6.45, 7) is 1.71. The lowest BCUT2D eigenvalue weighted by Gasteiger charge is -2.04. The number of hydrogen-bond acceptors (Lipinski definition) is 2. The van der Waals surface area contributed by atoms with Crippen molar-refractivity contribution in [2.24, 2.45) is 11.7 Å². The van der Waals surface area contributed by atoms with Crippen LogP contribution in [0.5, 0.6) is 0 Å². The second kappa shape index (κ2) is 3.87. The van der Waals surface area contributed by atoms with Gasteiger partial charge in [0.2, 0.25) is 5.91 Å². The van der Waals surface area contributed by atoms with Crippen LogP contribution in [0.2, 0.25) is 0 Å². The van der Waals surface area contributed by atoms with Crippen LogP contribution in [0, 0.1) is 5.92 Å². The van der Waals surface area contributed by atoms with Gasteiger partial charge < -0.3 is 10.8 Å². The summed E-state index contributed by atoms with van der Waals surface area (Å²) in [5, 5.41) is 8.41. The SMILES string of the molecule is CC[C@H](CC(N)=O)C(=O)O. The number of amides is 1. The Labute approximate surface area is 59.0 Å². The Morgan fingerprint density at radius 2 is 2.10 bits per heavy atom. The molecule has 0 spiro atoms. The van der Waals surface area contributed by atoms with Crippen LogP contribution in [-0.2, 0) is 9.59 Å². The molecular weight excluding hydrogens is 134 g/mol. The number of carboxylic acids is 1. The van der Waals surface area contributed by atoms with Crippen molar-refractivity contribution < 1.29 is 14.7 Å². The van der Waals surface area contributed by atoms with E-state index < -0.39 is 17.8 Å². The van der Waals surface area contributed by atoms with Gasteiger partial charge in [0, 0.05) is 6.42 Å². The predicted molar refractivity (Wildman–Crippen MR) is 35.2 cm³/mol. The van der Waals surface area contributed by atoms with E-state index in [9.17, 15) is 9.59 Å². The molecule has 10 heavy (non-hydrogen) atoms. The number of carbonyl (C=O) groups excluding carboxylic acids is 1. The van der Waals surface area contributed by atoms with Gasteiger partial charge in [0.15, 0.2) is 0 Å². The van der Waals surface area contributed by atoms with Gasteiger partial charge in [-0.2, -0.15) is 0 Å². The number of carbonyl (C=O) groups is 2. The Balaban J connectivity index is 3.83. The quantitative estimate of drug-likeness (QED) is 0.583. The highest BCUT2D eigenvalue weighted by molar-refractivity contribution is 5.80. The monoisotopic (exact) mass is 145 g/mol. The fraction of sp³-hybridized carbons (Fsp3) is 0.667. The first-order chi connectivity index (χ1) is 4.57. The molecule has 0 fully saturated rings. The number of hydrogen-bond donors (Lipinski definition) is 2. The molecule has 0 bridgehead atoms. The maximum Gasteiger partial charge on any atom is 0.307 e. The number of primary amides is 1. The van der Waals surface area contributed by atoms with Crippen molar-refractivity contribution in [2.75, 3.05) is 0 Å². The Kier molecular flexibility index (Phi) is 3.46. The minimum atomic E-state index is -0.957. The first-order valence-electron chi connectivity index (χ1n) is 3.09. The Bertz CT molecular complexity index is 144. The first kappa shape index (κ1) is 8.94. The minimum Gasteiger partial charge on any atom is -0.481 e. The zero-order valence-electron chi connectivity index (χ0n) is 5.83. The van der Waals surface area contributed by atoms with E-state index in [-0.39, 0.29) is 6.42 Å². The molecule has 58 valence electrons. The van der Waals surface area contributed by atoms with Crippen LogP contribution in [-0.4, -0.2) is 17.0 Å². The molecule has 1 amide bonds. The fourth-order valence-corrected chi connectivity index (χ4v) is 0.649. The second-order valence-corrected chi connectivity index (χ2v) is 2.11. The molecule has 0 heterocycles. The molecule has 0 rings (SSSR count). The average molecular weight is 145 g/mol. The maximum atomic E-state index is 10.3. The van der Waals surface area contributed by atoms with E-state index in [2.05, 4.69) is 0 Å². The molecule has 0 aliphatic heterocycles. The van der Waals surface area contributed by atoms with Crippen LogP contribution in [0.4, 0.5) is 0 Å². The maximum absolute atomic E-state index is 10.3. The smallest absolute Gasteiger partial charge is 0.307 e. The molecule has 0 aromatic rings. The predicted octanol–water partition coefficient (Wildman–Crippen LogP) is -0.0274. The molecule has 0 aromatic carbocycles. The summed E-state index contributed by atoms with van der Waals surface area (Å²) in [6, 6.07) is 0. The van der Waals surface area contributed by atoms with E-state index in [1.165, 1.54) is 0 Å². The van der Waals surface area contributed by atoms with E-state index in [1.807, 2.05) is 0 Å². The van der Waals surface area contributed by atoms with Gasteiger partial charge in [0.1, 0.15) is 0 Å². The average Bonchev–Trinajstić information content (AvgIpc) is 1.81. The molecule has 0 saturated heterocycles. The highest BCUT2D eigenvalue weighted by atomic mass is 16.4. The van der Waals surface area contributed by atoms with Gasteiger partial charge in [-0.15, -0.1) is 0 Å². The molecule has 3 N–H and O–H groups in total. The van der Waals surface area contributed by atoms with Crippen molar-refractivity contribution in [3.05, 3.63) is 0 Å². The number of rotatable bonds is 4. The van der Waals surface area contributed by atoms with Crippen LogP contribution >= 0.6 is 0 Å². The van der Waals surface area contributed by atoms with Crippen LogP contribution < -0.4 is 5.73 Å². The van der Waals surface area contributed by atoms with Gasteiger partial charge in [-0.05, 0) is 6.42 Å². The molecule has 0 aliphatic rings. The first-order valence-corrected chi connectivity index (χ1v) is 3.09. The lowest BCUT2D eigenvalue weighted by molar-refractivity contribution is -0.143. The summed E-state index contributed by atoms with van der Waals surface area (Å²) in [4.78, 5) is 20.5. The summed E-state index contributed by atoms with van der Waals surface area (Å²) in [5.74, 6) is -2.13. The van der Waals surface area contributed by atoms with Crippen LogP contribution in [0.1, 0.15) is 19.8 Å². The van der Waals surface area contributed by atoms with Crippen molar-refractivity contribution in [2.45, 2.75) is 19.8 Å². The third-order valence-electron chi connectivity index (χ3n) is 1.29. The molecular formula is C6H11NO3. The molecule has 0 aromatic heterocycles. The van der Waals surface area contributed by atoms with Gasteiger partial charge in [0.05, 0.1) is 5.92 Å². The lowest BCUT2D eigenvalue weighted by Crippen LogP contribution is -2.21. The Morgan fingerprint density at radius 1 is 1.60 bits per heavy atom. The number of nitrogens with two attached hydrogens (primary N) is 1. The summed E-state index contributed by atoms with van der Waals surface area (Å²) >= 11 is 0. The van der Waals surface area contributed by atoms with E-state index in [4.69, 9.17) is 10.8 Å². The van der Waals surface area contributed by atoms with Crippen LogP contribution in [0.3, 0.4) is 0 Å². The van der Waals surface area contributed by atoms with E-state index >= 15 is 0 Å². The molecule has 0 saturated carbocycles. The zero-order valence-corrected chi connectivity index (χ0v) is 5.83. The molecule has 0 radical (unpaired) electrons. The van der Waals surface area contributed by atoms with E-state index in [0.29, 0.717) is 6.42 Å².